The van der Waals surface area contributed by atoms with Gasteiger partial charge in [0.25, 0.3) is 0 Å². The van der Waals surface area contributed by atoms with Gasteiger partial charge in [0.05, 0.1) is 0 Å². The molecule has 0 aliphatic heterocycles. The van der Waals surface area contributed by atoms with Gasteiger partial charge in [0.2, 0.25) is 0 Å². The second-order valence-electron chi connectivity index (χ2n) is 2.28. The van der Waals surface area contributed by atoms with E-state index in [-0.39, 0.29) is 0 Å². The van der Waals surface area contributed by atoms with Crippen molar-refractivity contribution in [2.24, 2.45) is 5.84 Å². The molecule has 0 aliphatic carbocycles. The normalized spacial score (nSPS) is 9.60. The van der Waals surface area contributed by atoms with Crippen molar-refractivity contribution >= 4 is 0 Å². The Kier molecular flexibility index (Phi) is 11.1. The van der Waals surface area contributed by atoms with E-state index >= 15 is 0 Å². The Hall–Kier alpha value is -0.120. The molecule has 0 fully saturated rings. The van der Waals surface area contributed by atoms with Crippen LogP contribution in [0.15, 0.2) is 0 Å². The van der Waals surface area contributed by atoms with Crippen molar-refractivity contribution in [3.05, 3.63) is 0 Å². The molecule has 0 aromatic rings. The molecule has 2 N–H and O–H groups in total. The van der Waals surface area contributed by atoms with E-state index in [1.807, 2.05) is 35.0 Å². The van der Waals surface area contributed by atoms with Crippen LogP contribution in [0.1, 0.15) is 13.8 Å². The first kappa shape index (κ1) is 12.5. The van der Waals surface area contributed by atoms with Crippen LogP contribution in [0.25, 0.3) is 0 Å². The fraction of sp³-hybridized carbons (Fsp3) is 1.00. The molecule has 0 radical (unpaired) electrons. The van der Waals surface area contributed by atoms with Crippen LogP contribution in [0.4, 0.5) is 0 Å². The molecule has 3 nitrogen and oxygen atoms in total. The molecule has 0 aliphatic rings. The fourth-order valence-electron chi connectivity index (χ4n) is 0.358. The van der Waals surface area contributed by atoms with Gasteiger partial charge in [0.1, 0.15) is 0 Å². The Labute approximate surface area is 64.8 Å². The minimum atomic E-state index is 0.924. The summed E-state index contributed by atoms with van der Waals surface area (Å²) in [6, 6.07) is 0. The summed E-state index contributed by atoms with van der Waals surface area (Å²) in [5.74, 6) is 5.35. The topological polar surface area (TPSA) is 32.5 Å². The van der Waals surface area contributed by atoms with Crippen LogP contribution in [0, 0.1) is 0 Å². The number of nitrogens with zero attached hydrogens (tertiary/aromatic N) is 2. The lowest BCUT2D eigenvalue weighted by molar-refractivity contribution is 0.289. The number of hydrogen-bond donors (Lipinski definition) is 1. The lowest BCUT2D eigenvalue weighted by atomic mass is 10.6. The highest BCUT2D eigenvalue weighted by atomic mass is 15.4. The van der Waals surface area contributed by atoms with E-state index in [0.29, 0.717) is 0 Å². The van der Waals surface area contributed by atoms with Crippen molar-refractivity contribution in [1.82, 2.24) is 9.91 Å². The van der Waals surface area contributed by atoms with Gasteiger partial charge in [-0.15, -0.1) is 0 Å². The van der Waals surface area contributed by atoms with Gasteiger partial charge in [-0.25, -0.2) is 5.01 Å². The average Bonchev–Trinajstić information content (AvgIpc) is 1.89. The van der Waals surface area contributed by atoms with E-state index in [9.17, 15) is 0 Å². The van der Waals surface area contributed by atoms with Crippen LogP contribution < -0.4 is 5.84 Å². The molecular weight excluding hydrogens is 126 g/mol. The van der Waals surface area contributed by atoms with Crippen LogP contribution in [0.5, 0.6) is 0 Å². The first-order chi connectivity index (χ1) is 4.63. The van der Waals surface area contributed by atoms with Crippen LogP contribution in [-0.4, -0.2) is 44.1 Å². The van der Waals surface area contributed by atoms with Gasteiger partial charge in [-0.3, -0.25) is 5.84 Å². The third-order valence-electron chi connectivity index (χ3n) is 0.900. The van der Waals surface area contributed by atoms with Crippen molar-refractivity contribution in [3.63, 3.8) is 0 Å². The summed E-state index contributed by atoms with van der Waals surface area (Å²) in [6.45, 7) is 5.94. The first-order valence-corrected chi connectivity index (χ1v) is 3.73. The van der Waals surface area contributed by atoms with Gasteiger partial charge in [0.15, 0.2) is 0 Å². The number of hydrazine groups is 1. The van der Waals surface area contributed by atoms with E-state index in [1.54, 1.807) is 5.01 Å². The number of likely N-dealkylation sites (N-methyl/N-ethyl adjacent to an activating group) is 2. The minimum Gasteiger partial charge on any atom is -0.308 e. The zero-order valence-corrected chi connectivity index (χ0v) is 7.89. The SMILES string of the molecule is CC.CN(C)CCN(C)N. The van der Waals surface area contributed by atoms with Gasteiger partial charge in [0, 0.05) is 20.1 Å². The number of nitrogens with two attached hydrogens (primary N) is 1. The molecule has 0 saturated carbocycles. The Bertz CT molecular complexity index is 44.8. The average molecular weight is 147 g/mol. The highest BCUT2D eigenvalue weighted by Gasteiger charge is 1.89. The van der Waals surface area contributed by atoms with Crippen LogP contribution in [-0.2, 0) is 0 Å². The third-order valence-corrected chi connectivity index (χ3v) is 0.900. The predicted octanol–water partition coefficient (Wildman–Crippen LogP) is 0.380. The second-order valence-corrected chi connectivity index (χ2v) is 2.28. The highest BCUT2D eigenvalue weighted by Crippen LogP contribution is 1.73. The molecular formula is C7H21N3. The molecule has 10 heavy (non-hydrogen) atoms. The summed E-state index contributed by atoms with van der Waals surface area (Å²) >= 11 is 0. The molecule has 3 heteroatoms. The van der Waals surface area contributed by atoms with Crippen LogP contribution in [0.2, 0.25) is 0 Å². The molecule has 0 rings (SSSR count). The van der Waals surface area contributed by atoms with Crippen molar-refractivity contribution < 1.29 is 0 Å². The van der Waals surface area contributed by atoms with Gasteiger partial charge >= 0.3 is 0 Å². The lowest BCUT2D eigenvalue weighted by Gasteiger charge is -2.13. The van der Waals surface area contributed by atoms with Crippen molar-refractivity contribution in [3.8, 4) is 0 Å². The zero-order valence-electron chi connectivity index (χ0n) is 7.89. The monoisotopic (exact) mass is 147 g/mol. The summed E-state index contributed by atoms with van der Waals surface area (Å²) < 4.78 is 0. The predicted molar refractivity (Wildman–Crippen MR) is 46.7 cm³/mol. The maximum absolute atomic E-state index is 5.35. The Morgan fingerprint density at radius 3 is 1.50 bits per heavy atom. The van der Waals surface area contributed by atoms with Gasteiger partial charge in [-0.05, 0) is 14.1 Å². The Balaban J connectivity index is 0. The van der Waals surface area contributed by atoms with Crippen molar-refractivity contribution in [1.29, 1.82) is 0 Å². The first-order valence-electron chi connectivity index (χ1n) is 3.73. The molecule has 64 valence electrons. The second kappa shape index (κ2) is 8.88. The molecule has 0 saturated heterocycles. The smallest absolute Gasteiger partial charge is 0.0253 e. The molecule has 0 heterocycles. The van der Waals surface area contributed by atoms with Gasteiger partial charge in [-0.1, -0.05) is 13.8 Å². The van der Waals surface area contributed by atoms with E-state index in [2.05, 4.69) is 4.90 Å². The summed E-state index contributed by atoms with van der Waals surface area (Å²) in [6.07, 6.45) is 0. The van der Waals surface area contributed by atoms with Crippen molar-refractivity contribution in [2.75, 3.05) is 34.2 Å². The standard InChI is InChI=1S/C5H15N3.C2H6/c1-7(2)4-5-8(3)6;1-2/h4-6H2,1-3H3;1-2H3. The number of rotatable bonds is 3. The largest absolute Gasteiger partial charge is 0.308 e. The summed E-state index contributed by atoms with van der Waals surface area (Å²) in [5.41, 5.74) is 0. The highest BCUT2D eigenvalue weighted by molar-refractivity contribution is 4.44. The maximum Gasteiger partial charge on any atom is 0.0253 e. The molecule has 0 bridgehead atoms. The zero-order chi connectivity index (χ0) is 8.57. The molecule has 0 unspecified atom stereocenters. The maximum atomic E-state index is 5.35. The lowest BCUT2D eigenvalue weighted by Crippen LogP contribution is -2.33. The summed E-state index contributed by atoms with van der Waals surface area (Å²) in [4.78, 5) is 2.10. The van der Waals surface area contributed by atoms with E-state index in [1.165, 1.54) is 0 Å². The van der Waals surface area contributed by atoms with E-state index in [4.69, 9.17) is 5.84 Å². The number of hydrogen-bond acceptors (Lipinski definition) is 3. The van der Waals surface area contributed by atoms with Crippen LogP contribution >= 0.6 is 0 Å². The quantitative estimate of drug-likeness (QED) is 0.463. The van der Waals surface area contributed by atoms with Crippen molar-refractivity contribution in [2.45, 2.75) is 13.8 Å². The molecule has 0 aromatic heterocycles. The summed E-state index contributed by atoms with van der Waals surface area (Å²) in [7, 11) is 5.93. The Morgan fingerprint density at radius 1 is 1.00 bits per heavy atom. The van der Waals surface area contributed by atoms with E-state index in [0.717, 1.165) is 13.1 Å². The summed E-state index contributed by atoms with van der Waals surface area (Å²) in [5, 5.41) is 1.68. The van der Waals surface area contributed by atoms with Gasteiger partial charge in [-0.2, -0.15) is 0 Å². The molecule has 0 spiro atoms. The van der Waals surface area contributed by atoms with Gasteiger partial charge < -0.3 is 4.90 Å². The minimum absolute atomic E-state index is 0.924. The van der Waals surface area contributed by atoms with Crippen LogP contribution in [0.3, 0.4) is 0 Å². The fourth-order valence-corrected chi connectivity index (χ4v) is 0.358. The third kappa shape index (κ3) is 15.7. The Morgan fingerprint density at radius 2 is 1.40 bits per heavy atom. The molecule has 0 aromatic carbocycles. The van der Waals surface area contributed by atoms with E-state index < -0.39 is 0 Å². The molecule has 0 atom stereocenters. The molecule has 0 amide bonds.